The Morgan fingerprint density at radius 1 is 1.33 bits per heavy atom. The Morgan fingerprint density at radius 3 is 2.54 bits per heavy atom. The molecule has 1 amide bonds. The molecular weight excluding hydrogens is 347 g/mol. The minimum atomic E-state index is 0. The number of rotatable bonds is 3. The van der Waals surface area contributed by atoms with Gasteiger partial charge in [-0.3, -0.25) is 4.79 Å². The van der Waals surface area contributed by atoms with Crippen molar-refractivity contribution in [2.45, 2.75) is 32.2 Å². The topological polar surface area (TPSA) is 64.2 Å². The van der Waals surface area contributed by atoms with Crippen LogP contribution in [0.4, 0.5) is 0 Å². The van der Waals surface area contributed by atoms with E-state index in [1.807, 2.05) is 33.8 Å². The first-order valence-electron chi connectivity index (χ1n) is 7.86. The summed E-state index contributed by atoms with van der Waals surface area (Å²) in [5.74, 6) is 0.185. The number of nitrogens with zero attached hydrogens (tertiary/aromatic N) is 3. The van der Waals surface area contributed by atoms with Gasteiger partial charge in [0.25, 0.3) is 5.91 Å². The molecule has 1 aliphatic heterocycles. The Morgan fingerprint density at radius 2 is 2.00 bits per heavy atom. The Bertz CT molecular complexity index is 712. The fraction of sp³-hybridized carbons (Fsp3) is 0.412. The smallest absolute Gasteiger partial charge is 0.257 e. The van der Waals surface area contributed by atoms with Crippen LogP contribution in [0.5, 0.6) is 0 Å². The first-order valence-corrected chi connectivity index (χ1v) is 8.24. The molecule has 1 fully saturated rings. The predicted molar refractivity (Wildman–Crippen MR) is 98.4 cm³/mol. The van der Waals surface area contributed by atoms with Crippen LogP contribution >= 0.6 is 24.0 Å². The third kappa shape index (κ3) is 3.58. The molecule has 7 heteroatoms. The molecule has 0 saturated carbocycles. The van der Waals surface area contributed by atoms with E-state index in [1.165, 1.54) is 0 Å². The van der Waals surface area contributed by atoms with E-state index in [-0.39, 0.29) is 30.3 Å². The van der Waals surface area contributed by atoms with E-state index >= 15 is 0 Å². The number of carbonyl (C=O) groups is 1. The highest BCUT2D eigenvalue weighted by molar-refractivity contribution is 6.30. The number of hydrogen-bond donors (Lipinski definition) is 1. The predicted octanol–water partition coefficient (Wildman–Crippen LogP) is 3.24. The molecule has 2 N–H and O–H groups in total. The lowest BCUT2D eigenvalue weighted by atomic mass is 10.0. The average Bonchev–Trinajstić information content (AvgIpc) is 3.13. The van der Waals surface area contributed by atoms with Gasteiger partial charge in [-0.2, -0.15) is 5.10 Å². The van der Waals surface area contributed by atoms with Crippen LogP contribution in [0, 0.1) is 0 Å². The van der Waals surface area contributed by atoms with Gasteiger partial charge in [0, 0.05) is 24.2 Å². The second-order valence-electron chi connectivity index (χ2n) is 6.29. The third-order valence-electron chi connectivity index (χ3n) is 4.17. The summed E-state index contributed by atoms with van der Waals surface area (Å²) in [6, 6.07) is 7.53. The summed E-state index contributed by atoms with van der Waals surface area (Å²) in [6.07, 6.45) is 2.52. The second-order valence-corrected chi connectivity index (χ2v) is 6.72. The van der Waals surface area contributed by atoms with E-state index in [1.54, 1.807) is 6.20 Å². The highest BCUT2D eigenvalue weighted by atomic mass is 35.5. The molecule has 5 nitrogen and oxygen atoms in total. The van der Waals surface area contributed by atoms with Gasteiger partial charge in [0.05, 0.1) is 23.1 Å². The minimum absolute atomic E-state index is 0. The second kappa shape index (κ2) is 7.55. The molecule has 0 unspecified atom stereocenters. The molecule has 0 bridgehead atoms. The summed E-state index contributed by atoms with van der Waals surface area (Å²) in [5, 5.41) is 5.12. The van der Waals surface area contributed by atoms with Gasteiger partial charge in [-0.15, -0.1) is 12.4 Å². The molecule has 130 valence electrons. The fourth-order valence-corrected chi connectivity index (χ4v) is 3.13. The van der Waals surface area contributed by atoms with E-state index < -0.39 is 0 Å². The molecule has 1 aliphatic rings. The summed E-state index contributed by atoms with van der Waals surface area (Å²) < 4.78 is 1.82. The minimum Gasteiger partial charge on any atom is -0.337 e. The van der Waals surface area contributed by atoms with Crippen molar-refractivity contribution in [1.29, 1.82) is 0 Å². The molecule has 0 aliphatic carbocycles. The van der Waals surface area contributed by atoms with Crippen LogP contribution in [-0.4, -0.2) is 39.7 Å². The van der Waals surface area contributed by atoms with Crippen molar-refractivity contribution >= 4 is 29.9 Å². The lowest BCUT2D eigenvalue weighted by Gasteiger charge is -2.18. The number of hydrogen-bond acceptors (Lipinski definition) is 3. The molecule has 2 aromatic rings. The highest BCUT2D eigenvalue weighted by Gasteiger charge is 2.29. The highest BCUT2D eigenvalue weighted by Crippen LogP contribution is 2.25. The lowest BCUT2D eigenvalue weighted by Crippen LogP contribution is -2.32. The van der Waals surface area contributed by atoms with E-state index in [0.29, 0.717) is 23.7 Å². The summed E-state index contributed by atoms with van der Waals surface area (Å²) in [5.41, 5.74) is 8.39. The van der Waals surface area contributed by atoms with Gasteiger partial charge >= 0.3 is 0 Å². The van der Waals surface area contributed by atoms with Gasteiger partial charge < -0.3 is 10.6 Å². The van der Waals surface area contributed by atoms with Crippen LogP contribution in [0.15, 0.2) is 30.5 Å². The maximum atomic E-state index is 12.8. The quantitative estimate of drug-likeness (QED) is 0.903. The first-order chi connectivity index (χ1) is 11.0. The van der Waals surface area contributed by atoms with Gasteiger partial charge in [-0.05, 0) is 36.6 Å². The van der Waals surface area contributed by atoms with Crippen molar-refractivity contribution in [2.24, 2.45) is 5.73 Å². The largest absolute Gasteiger partial charge is 0.337 e. The van der Waals surface area contributed by atoms with E-state index in [0.717, 1.165) is 17.8 Å². The molecular formula is C17H22Cl2N4O. The first kappa shape index (κ1) is 18.8. The monoisotopic (exact) mass is 368 g/mol. The molecule has 0 spiro atoms. The van der Waals surface area contributed by atoms with Crippen LogP contribution in [0.3, 0.4) is 0 Å². The number of carbonyl (C=O) groups excluding carboxylic acids is 1. The van der Waals surface area contributed by atoms with Crippen molar-refractivity contribution in [2.75, 3.05) is 13.1 Å². The van der Waals surface area contributed by atoms with Gasteiger partial charge in [-0.1, -0.05) is 25.4 Å². The van der Waals surface area contributed by atoms with Crippen molar-refractivity contribution in [3.05, 3.63) is 46.7 Å². The third-order valence-corrected chi connectivity index (χ3v) is 4.42. The standard InChI is InChI=1S/C17H21ClN4O.ClH/c1-11(2)16-15(17(23)21-8-7-13(19)10-21)9-20-22(16)14-5-3-12(18)4-6-14;/h3-6,9,11,13H,7-8,10,19H2,1-2H3;1H/t13-;/m1./s1. The number of benzene rings is 1. The molecule has 24 heavy (non-hydrogen) atoms. The van der Waals surface area contributed by atoms with Crippen molar-refractivity contribution in [3.63, 3.8) is 0 Å². The Balaban J connectivity index is 0.00000208. The normalized spacial score (nSPS) is 17.2. The van der Waals surface area contributed by atoms with E-state index in [2.05, 4.69) is 18.9 Å². The van der Waals surface area contributed by atoms with Crippen molar-refractivity contribution < 1.29 is 4.79 Å². The molecule has 3 rings (SSSR count). The average molecular weight is 369 g/mol. The van der Waals surface area contributed by atoms with Gasteiger partial charge in [0.15, 0.2) is 0 Å². The van der Waals surface area contributed by atoms with E-state index in [9.17, 15) is 4.79 Å². The molecule has 1 atom stereocenters. The molecule has 1 aromatic heterocycles. The number of nitrogens with two attached hydrogens (primary N) is 1. The SMILES string of the molecule is CC(C)c1c(C(=O)N2CC[C@@H](N)C2)cnn1-c1ccc(Cl)cc1.Cl. The zero-order valence-electron chi connectivity index (χ0n) is 13.8. The Labute approximate surface area is 153 Å². The maximum absolute atomic E-state index is 12.8. The van der Waals surface area contributed by atoms with Crippen LogP contribution < -0.4 is 5.73 Å². The molecule has 2 heterocycles. The Kier molecular flexibility index (Phi) is 5.91. The summed E-state index contributed by atoms with van der Waals surface area (Å²) >= 11 is 5.95. The van der Waals surface area contributed by atoms with Crippen LogP contribution in [0.1, 0.15) is 42.2 Å². The van der Waals surface area contributed by atoms with Crippen molar-refractivity contribution in [1.82, 2.24) is 14.7 Å². The fourth-order valence-electron chi connectivity index (χ4n) is 3.01. The number of halogens is 2. The maximum Gasteiger partial charge on any atom is 0.257 e. The van der Waals surface area contributed by atoms with Crippen LogP contribution in [-0.2, 0) is 0 Å². The number of likely N-dealkylation sites (tertiary alicyclic amines) is 1. The zero-order chi connectivity index (χ0) is 16.6. The Hall–Kier alpha value is -1.56. The zero-order valence-corrected chi connectivity index (χ0v) is 15.3. The number of aromatic nitrogens is 2. The molecule has 0 radical (unpaired) electrons. The summed E-state index contributed by atoms with van der Waals surface area (Å²) in [4.78, 5) is 14.6. The summed E-state index contributed by atoms with van der Waals surface area (Å²) in [7, 11) is 0. The van der Waals surface area contributed by atoms with Gasteiger partial charge in [0.1, 0.15) is 0 Å². The molecule has 1 saturated heterocycles. The van der Waals surface area contributed by atoms with E-state index in [4.69, 9.17) is 17.3 Å². The van der Waals surface area contributed by atoms with Gasteiger partial charge in [0.2, 0.25) is 0 Å². The number of amides is 1. The molecule has 1 aromatic carbocycles. The lowest BCUT2D eigenvalue weighted by molar-refractivity contribution is 0.0789. The van der Waals surface area contributed by atoms with Crippen LogP contribution in [0.2, 0.25) is 5.02 Å². The van der Waals surface area contributed by atoms with Crippen molar-refractivity contribution in [3.8, 4) is 5.69 Å². The van der Waals surface area contributed by atoms with Gasteiger partial charge in [-0.25, -0.2) is 4.68 Å². The summed E-state index contributed by atoms with van der Waals surface area (Å²) in [6.45, 7) is 5.46. The van der Waals surface area contributed by atoms with Crippen LogP contribution in [0.25, 0.3) is 5.69 Å².